The molecule has 0 amide bonds. The summed E-state index contributed by atoms with van der Waals surface area (Å²) in [6, 6.07) is 3.65. The molecule has 1 aromatic rings. The molecule has 0 radical (unpaired) electrons. The summed E-state index contributed by atoms with van der Waals surface area (Å²) in [5.74, 6) is 0.153. The Balaban J connectivity index is 2.23. The van der Waals surface area contributed by atoms with Gasteiger partial charge in [-0.15, -0.1) is 0 Å². The number of morpholine rings is 1. The third kappa shape index (κ3) is 2.44. The van der Waals surface area contributed by atoms with Gasteiger partial charge in [-0.3, -0.25) is 14.7 Å². The number of pyridine rings is 1. The van der Waals surface area contributed by atoms with Crippen LogP contribution < -0.4 is 0 Å². The van der Waals surface area contributed by atoms with E-state index in [1.165, 1.54) is 0 Å². The predicted octanol–water partition coefficient (Wildman–Crippen LogP) is 1.77. The Morgan fingerprint density at radius 1 is 1.50 bits per heavy atom. The Kier molecular flexibility index (Phi) is 4.09. The van der Waals surface area contributed by atoms with Gasteiger partial charge in [0.05, 0.1) is 18.8 Å². The summed E-state index contributed by atoms with van der Waals surface area (Å²) in [7, 11) is 0. The van der Waals surface area contributed by atoms with Gasteiger partial charge in [0.25, 0.3) is 0 Å². The first kappa shape index (κ1) is 13.2. The highest BCUT2D eigenvalue weighted by Crippen LogP contribution is 2.25. The Hall–Kier alpha value is -1.26. The summed E-state index contributed by atoms with van der Waals surface area (Å²) >= 11 is 0. The van der Waals surface area contributed by atoms with Crippen LogP contribution in [-0.4, -0.2) is 47.5 Å². The largest absolute Gasteiger partial charge is 0.379 e. The zero-order chi connectivity index (χ0) is 13.0. The summed E-state index contributed by atoms with van der Waals surface area (Å²) in [6.07, 6.45) is 4.13. The highest BCUT2D eigenvalue weighted by atomic mass is 16.5. The van der Waals surface area contributed by atoms with E-state index in [1.807, 2.05) is 19.1 Å². The lowest BCUT2D eigenvalue weighted by Crippen LogP contribution is -2.56. The number of carbonyl (C=O) groups is 1. The quantitative estimate of drug-likeness (QED) is 0.762. The first-order valence-electron chi connectivity index (χ1n) is 6.46. The monoisotopic (exact) mass is 248 g/mol. The Labute approximate surface area is 108 Å². The van der Waals surface area contributed by atoms with Gasteiger partial charge in [0.2, 0.25) is 0 Å². The van der Waals surface area contributed by atoms with Crippen LogP contribution in [0, 0.1) is 0 Å². The second kappa shape index (κ2) is 5.59. The van der Waals surface area contributed by atoms with Crippen LogP contribution in [0.2, 0.25) is 0 Å². The van der Waals surface area contributed by atoms with Crippen LogP contribution in [0.4, 0.5) is 0 Å². The maximum absolute atomic E-state index is 12.7. The van der Waals surface area contributed by atoms with Crippen LogP contribution in [0.1, 0.15) is 30.6 Å². The van der Waals surface area contributed by atoms with Crippen molar-refractivity contribution in [1.29, 1.82) is 0 Å². The lowest BCUT2D eigenvalue weighted by molar-refractivity contribution is -0.0106. The van der Waals surface area contributed by atoms with Gasteiger partial charge in [-0.25, -0.2) is 0 Å². The topological polar surface area (TPSA) is 42.4 Å². The van der Waals surface area contributed by atoms with Gasteiger partial charge >= 0.3 is 0 Å². The molecule has 18 heavy (non-hydrogen) atoms. The number of aromatic nitrogens is 1. The van der Waals surface area contributed by atoms with Gasteiger partial charge in [0, 0.05) is 31.0 Å². The molecule has 0 bridgehead atoms. The van der Waals surface area contributed by atoms with Crippen molar-refractivity contribution in [2.75, 3.05) is 26.3 Å². The summed E-state index contributed by atoms with van der Waals surface area (Å²) in [5, 5.41) is 0. The van der Waals surface area contributed by atoms with Crippen molar-refractivity contribution in [2.45, 2.75) is 25.8 Å². The maximum Gasteiger partial charge on any atom is 0.184 e. The molecule has 4 heteroatoms. The number of hydrogen-bond donors (Lipinski definition) is 0. The van der Waals surface area contributed by atoms with E-state index in [0.717, 1.165) is 19.5 Å². The predicted molar refractivity (Wildman–Crippen MR) is 69.7 cm³/mol. The van der Waals surface area contributed by atoms with E-state index in [4.69, 9.17) is 4.74 Å². The Bertz CT molecular complexity index is 402. The van der Waals surface area contributed by atoms with Gasteiger partial charge in [-0.05, 0) is 25.5 Å². The van der Waals surface area contributed by atoms with E-state index >= 15 is 0 Å². The zero-order valence-corrected chi connectivity index (χ0v) is 11.1. The Morgan fingerprint density at radius 3 is 2.78 bits per heavy atom. The molecule has 0 spiro atoms. The molecule has 1 saturated heterocycles. The van der Waals surface area contributed by atoms with Crippen LogP contribution in [0.25, 0.3) is 0 Å². The van der Waals surface area contributed by atoms with Crippen LogP contribution in [0.3, 0.4) is 0 Å². The number of nitrogens with zero attached hydrogens (tertiary/aromatic N) is 2. The summed E-state index contributed by atoms with van der Waals surface area (Å²) in [4.78, 5) is 18.9. The van der Waals surface area contributed by atoms with E-state index in [2.05, 4.69) is 16.8 Å². The first-order valence-corrected chi connectivity index (χ1v) is 6.46. The van der Waals surface area contributed by atoms with Crippen LogP contribution >= 0.6 is 0 Å². The van der Waals surface area contributed by atoms with Gasteiger partial charge in [-0.1, -0.05) is 6.92 Å². The molecule has 0 aromatic carbocycles. The number of ketones is 1. The molecule has 1 aliphatic heterocycles. The van der Waals surface area contributed by atoms with E-state index in [0.29, 0.717) is 18.8 Å². The van der Waals surface area contributed by atoms with E-state index in [-0.39, 0.29) is 5.78 Å². The van der Waals surface area contributed by atoms with Crippen LogP contribution in [-0.2, 0) is 4.74 Å². The van der Waals surface area contributed by atoms with Gasteiger partial charge in [0.1, 0.15) is 0 Å². The fourth-order valence-electron chi connectivity index (χ4n) is 2.39. The van der Waals surface area contributed by atoms with Gasteiger partial charge in [0.15, 0.2) is 5.78 Å². The van der Waals surface area contributed by atoms with Gasteiger partial charge in [-0.2, -0.15) is 0 Å². The molecular formula is C14H20N2O2. The number of rotatable bonds is 4. The molecule has 1 aliphatic rings. The minimum atomic E-state index is -0.452. The SMILES string of the molecule is CCC(C)(C(=O)c1cccnc1)N1CCOCC1. The van der Waals surface area contributed by atoms with Crippen molar-refractivity contribution in [2.24, 2.45) is 0 Å². The average molecular weight is 248 g/mol. The Morgan fingerprint density at radius 2 is 2.22 bits per heavy atom. The summed E-state index contributed by atoms with van der Waals surface area (Å²) in [5.41, 5.74) is 0.237. The molecule has 98 valence electrons. The van der Waals surface area contributed by atoms with E-state index < -0.39 is 5.54 Å². The summed E-state index contributed by atoms with van der Waals surface area (Å²) in [6.45, 7) is 7.12. The molecular weight excluding hydrogens is 228 g/mol. The molecule has 1 fully saturated rings. The number of ether oxygens (including phenoxy) is 1. The fraction of sp³-hybridized carbons (Fsp3) is 0.571. The molecule has 1 aromatic heterocycles. The maximum atomic E-state index is 12.7. The van der Waals surface area contributed by atoms with Crippen molar-refractivity contribution >= 4 is 5.78 Å². The minimum absolute atomic E-state index is 0.153. The molecule has 0 aliphatic carbocycles. The third-order valence-corrected chi connectivity index (χ3v) is 3.81. The zero-order valence-electron chi connectivity index (χ0n) is 11.1. The van der Waals surface area contributed by atoms with Gasteiger partial charge < -0.3 is 4.74 Å². The minimum Gasteiger partial charge on any atom is -0.379 e. The van der Waals surface area contributed by atoms with Crippen molar-refractivity contribution in [3.63, 3.8) is 0 Å². The molecule has 1 atom stereocenters. The average Bonchev–Trinajstić information content (AvgIpc) is 2.47. The van der Waals surface area contributed by atoms with Crippen molar-refractivity contribution in [3.8, 4) is 0 Å². The lowest BCUT2D eigenvalue weighted by atomic mass is 9.87. The molecule has 0 N–H and O–H groups in total. The second-order valence-corrected chi connectivity index (χ2v) is 4.80. The lowest BCUT2D eigenvalue weighted by Gasteiger charge is -2.41. The van der Waals surface area contributed by atoms with Crippen LogP contribution in [0.15, 0.2) is 24.5 Å². The third-order valence-electron chi connectivity index (χ3n) is 3.81. The number of carbonyl (C=O) groups excluding carboxylic acids is 1. The molecule has 0 saturated carbocycles. The second-order valence-electron chi connectivity index (χ2n) is 4.80. The van der Waals surface area contributed by atoms with Crippen molar-refractivity contribution in [3.05, 3.63) is 30.1 Å². The molecule has 4 nitrogen and oxygen atoms in total. The number of Topliss-reactive ketones (excluding diaryl/α,β-unsaturated/α-hetero) is 1. The molecule has 1 unspecified atom stereocenters. The first-order chi connectivity index (χ1) is 8.68. The van der Waals surface area contributed by atoms with E-state index in [9.17, 15) is 4.79 Å². The molecule has 2 heterocycles. The van der Waals surface area contributed by atoms with Crippen molar-refractivity contribution < 1.29 is 9.53 Å². The van der Waals surface area contributed by atoms with Crippen molar-refractivity contribution in [1.82, 2.24) is 9.88 Å². The highest BCUT2D eigenvalue weighted by Gasteiger charge is 2.38. The highest BCUT2D eigenvalue weighted by molar-refractivity contribution is 6.02. The number of hydrogen-bond acceptors (Lipinski definition) is 4. The summed E-state index contributed by atoms with van der Waals surface area (Å²) < 4.78 is 5.36. The van der Waals surface area contributed by atoms with E-state index in [1.54, 1.807) is 12.4 Å². The normalized spacial score (nSPS) is 20.3. The molecule has 2 rings (SSSR count). The fourth-order valence-corrected chi connectivity index (χ4v) is 2.39. The smallest absolute Gasteiger partial charge is 0.184 e. The van der Waals surface area contributed by atoms with Crippen LogP contribution in [0.5, 0.6) is 0 Å². The standard InChI is InChI=1S/C14H20N2O2/c1-3-14(2,16-7-9-18-10-8-16)13(17)12-5-4-6-15-11-12/h4-6,11H,3,7-10H2,1-2H3.